The van der Waals surface area contributed by atoms with Crippen molar-refractivity contribution >= 4 is 28.0 Å². The number of hydrogen-bond donors (Lipinski definition) is 1. The third kappa shape index (κ3) is 2.34. The highest BCUT2D eigenvalue weighted by Gasteiger charge is 2.25. The number of para-hydroxylation sites is 2. The maximum absolute atomic E-state index is 4.83. The van der Waals surface area contributed by atoms with Crippen LogP contribution in [0.25, 0.3) is 22.2 Å². The topological polar surface area (TPSA) is 75.5 Å². The van der Waals surface area contributed by atoms with Gasteiger partial charge in [0, 0.05) is 25.6 Å². The summed E-state index contributed by atoms with van der Waals surface area (Å²) in [5.41, 5.74) is 4.00. The van der Waals surface area contributed by atoms with Gasteiger partial charge in [-0.15, -0.1) is 0 Å². The number of fused-ring (bicyclic) bond motifs is 2. The van der Waals surface area contributed by atoms with E-state index in [4.69, 9.17) is 4.98 Å². The summed E-state index contributed by atoms with van der Waals surface area (Å²) in [6.07, 6.45) is 6.39. The van der Waals surface area contributed by atoms with E-state index in [1.54, 1.807) is 12.7 Å². The van der Waals surface area contributed by atoms with E-state index < -0.39 is 0 Å². The number of H-pyrrole nitrogens is 1. The minimum absolute atomic E-state index is 0.479. The molecule has 7 nitrogen and oxygen atoms in total. The number of imidazole rings is 2. The summed E-state index contributed by atoms with van der Waals surface area (Å²) in [7, 11) is 0. The number of anilines is 1. The standard InChI is InChI=1S/C19H21N7/c1-2-16-24-14-5-3-4-6-15(14)26(16)13-7-9-25(10-8-13)19-17-18(21-11-20-17)22-12-23-19/h3-6,11-13H,2,7-10H2,1H3,(H,20,21,22,23). The Hall–Kier alpha value is -2.96. The van der Waals surface area contributed by atoms with Crippen LogP contribution in [0.5, 0.6) is 0 Å². The van der Waals surface area contributed by atoms with Gasteiger partial charge in [0.25, 0.3) is 0 Å². The molecule has 0 unspecified atom stereocenters. The van der Waals surface area contributed by atoms with Crippen molar-refractivity contribution in [2.24, 2.45) is 0 Å². The molecule has 0 aliphatic carbocycles. The second kappa shape index (κ2) is 6.09. The van der Waals surface area contributed by atoms with Crippen LogP contribution in [0.15, 0.2) is 36.9 Å². The largest absolute Gasteiger partial charge is 0.355 e. The number of aromatic nitrogens is 6. The van der Waals surface area contributed by atoms with E-state index in [-0.39, 0.29) is 0 Å². The average Bonchev–Trinajstić information content (AvgIpc) is 3.32. The molecule has 0 atom stereocenters. The lowest BCUT2D eigenvalue weighted by atomic mass is 10.0. The Morgan fingerprint density at radius 3 is 2.81 bits per heavy atom. The van der Waals surface area contributed by atoms with Gasteiger partial charge in [0.15, 0.2) is 11.5 Å². The predicted octanol–water partition coefficient (Wildman–Crippen LogP) is 3.11. The van der Waals surface area contributed by atoms with Gasteiger partial charge < -0.3 is 14.5 Å². The van der Waals surface area contributed by atoms with E-state index in [1.165, 1.54) is 11.3 Å². The highest BCUT2D eigenvalue weighted by Crippen LogP contribution is 2.31. The smallest absolute Gasteiger partial charge is 0.182 e. The minimum Gasteiger partial charge on any atom is -0.355 e. The fourth-order valence-corrected chi connectivity index (χ4v) is 4.08. The molecule has 132 valence electrons. The van der Waals surface area contributed by atoms with Gasteiger partial charge in [-0.25, -0.2) is 19.9 Å². The van der Waals surface area contributed by atoms with E-state index in [9.17, 15) is 0 Å². The SMILES string of the molecule is CCc1nc2ccccc2n1C1CCN(c2ncnc3nc[nH]c23)CC1. The van der Waals surface area contributed by atoms with Gasteiger partial charge in [0.05, 0.1) is 17.4 Å². The predicted molar refractivity (Wildman–Crippen MR) is 101 cm³/mol. The summed E-state index contributed by atoms with van der Waals surface area (Å²) in [6.45, 7) is 4.11. The van der Waals surface area contributed by atoms with E-state index in [0.29, 0.717) is 6.04 Å². The lowest BCUT2D eigenvalue weighted by molar-refractivity contribution is 0.394. The van der Waals surface area contributed by atoms with Crippen molar-refractivity contribution in [3.8, 4) is 0 Å². The third-order valence-corrected chi connectivity index (χ3v) is 5.32. The minimum atomic E-state index is 0.479. The molecule has 1 aliphatic rings. The van der Waals surface area contributed by atoms with Crippen molar-refractivity contribution in [2.75, 3.05) is 18.0 Å². The monoisotopic (exact) mass is 347 g/mol. The molecule has 3 aromatic heterocycles. The Labute approximate surface area is 151 Å². The second-order valence-corrected chi connectivity index (χ2v) is 6.76. The zero-order chi connectivity index (χ0) is 17.5. The van der Waals surface area contributed by atoms with Gasteiger partial charge in [0.2, 0.25) is 0 Å². The fraction of sp³-hybridized carbons (Fsp3) is 0.368. The molecule has 1 N–H and O–H groups in total. The van der Waals surface area contributed by atoms with Gasteiger partial charge >= 0.3 is 0 Å². The van der Waals surface area contributed by atoms with Crippen LogP contribution in [0, 0.1) is 0 Å². The zero-order valence-corrected chi connectivity index (χ0v) is 14.8. The lowest BCUT2D eigenvalue weighted by Gasteiger charge is -2.34. The van der Waals surface area contributed by atoms with Crippen LogP contribution in [0.3, 0.4) is 0 Å². The molecule has 7 heteroatoms. The van der Waals surface area contributed by atoms with Gasteiger partial charge in [-0.05, 0) is 25.0 Å². The quantitative estimate of drug-likeness (QED) is 0.616. The van der Waals surface area contributed by atoms with Crippen LogP contribution in [-0.4, -0.2) is 42.6 Å². The maximum Gasteiger partial charge on any atom is 0.182 e. The molecule has 1 aromatic carbocycles. The van der Waals surface area contributed by atoms with Gasteiger partial charge in [-0.1, -0.05) is 19.1 Å². The highest BCUT2D eigenvalue weighted by molar-refractivity contribution is 5.82. The number of piperidine rings is 1. The Bertz CT molecular complexity index is 1060. The van der Waals surface area contributed by atoms with Crippen molar-refractivity contribution in [3.63, 3.8) is 0 Å². The summed E-state index contributed by atoms with van der Waals surface area (Å²) in [5, 5.41) is 0. The number of nitrogens with zero attached hydrogens (tertiary/aromatic N) is 6. The Kier molecular flexibility index (Phi) is 3.58. The molecular formula is C19H21N7. The number of benzene rings is 1. The van der Waals surface area contributed by atoms with E-state index in [1.807, 2.05) is 0 Å². The number of aromatic amines is 1. The molecule has 1 aliphatic heterocycles. The summed E-state index contributed by atoms with van der Waals surface area (Å²) in [6, 6.07) is 8.94. The van der Waals surface area contributed by atoms with E-state index >= 15 is 0 Å². The molecule has 0 spiro atoms. The molecule has 4 heterocycles. The normalized spacial score (nSPS) is 16.0. The lowest BCUT2D eigenvalue weighted by Crippen LogP contribution is -2.35. The van der Waals surface area contributed by atoms with Crippen LogP contribution in [0.4, 0.5) is 5.82 Å². The van der Waals surface area contributed by atoms with Crippen molar-refractivity contribution in [3.05, 3.63) is 42.7 Å². The first-order chi connectivity index (χ1) is 12.8. The first-order valence-corrected chi connectivity index (χ1v) is 9.20. The van der Waals surface area contributed by atoms with Crippen molar-refractivity contribution in [2.45, 2.75) is 32.2 Å². The summed E-state index contributed by atoms with van der Waals surface area (Å²) in [4.78, 5) is 23.3. The first-order valence-electron chi connectivity index (χ1n) is 9.20. The molecule has 0 bridgehead atoms. The Morgan fingerprint density at radius 1 is 1.12 bits per heavy atom. The number of nitrogens with one attached hydrogen (secondary N) is 1. The molecule has 4 aromatic rings. The third-order valence-electron chi connectivity index (χ3n) is 5.32. The highest BCUT2D eigenvalue weighted by atomic mass is 15.2. The van der Waals surface area contributed by atoms with E-state index in [2.05, 4.69) is 60.6 Å². The van der Waals surface area contributed by atoms with Crippen molar-refractivity contribution in [1.82, 2.24) is 29.5 Å². The second-order valence-electron chi connectivity index (χ2n) is 6.76. The van der Waals surface area contributed by atoms with Crippen LogP contribution < -0.4 is 4.90 Å². The van der Waals surface area contributed by atoms with Crippen LogP contribution in [0.1, 0.15) is 31.6 Å². The number of rotatable bonds is 3. The zero-order valence-electron chi connectivity index (χ0n) is 14.8. The molecular weight excluding hydrogens is 326 g/mol. The van der Waals surface area contributed by atoms with Crippen LogP contribution in [0.2, 0.25) is 0 Å². The summed E-state index contributed by atoms with van der Waals surface area (Å²) < 4.78 is 2.46. The van der Waals surface area contributed by atoms with Crippen LogP contribution >= 0.6 is 0 Å². The average molecular weight is 347 g/mol. The summed E-state index contributed by atoms with van der Waals surface area (Å²) in [5.74, 6) is 2.14. The number of aryl methyl sites for hydroxylation is 1. The molecule has 5 rings (SSSR count). The first kappa shape index (κ1) is 15.3. The molecule has 0 radical (unpaired) electrons. The van der Waals surface area contributed by atoms with Gasteiger partial charge in [-0.3, -0.25) is 0 Å². The van der Waals surface area contributed by atoms with Gasteiger partial charge in [0.1, 0.15) is 17.7 Å². The van der Waals surface area contributed by atoms with Crippen LogP contribution in [-0.2, 0) is 6.42 Å². The van der Waals surface area contributed by atoms with Gasteiger partial charge in [-0.2, -0.15) is 0 Å². The molecule has 0 amide bonds. The van der Waals surface area contributed by atoms with Crippen molar-refractivity contribution in [1.29, 1.82) is 0 Å². The Morgan fingerprint density at radius 2 is 1.96 bits per heavy atom. The maximum atomic E-state index is 4.83. The fourth-order valence-electron chi connectivity index (χ4n) is 4.08. The number of hydrogen-bond acceptors (Lipinski definition) is 5. The van der Waals surface area contributed by atoms with Crippen molar-refractivity contribution < 1.29 is 0 Å². The molecule has 1 saturated heterocycles. The summed E-state index contributed by atoms with van der Waals surface area (Å²) >= 11 is 0. The molecule has 0 saturated carbocycles. The van der Waals surface area contributed by atoms with E-state index in [0.717, 1.165) is 54.9 Å². The molecule has 26 heavy (non-hydrogen) atoms. The Balaban J connectivity index is 1.44. The molecule has 1 fully saturated rings.